The molecule has 2 aromatic rings. The zero-order chi connectivity index (χ0) is 19.2. The predicted octanol–water partition coefficient (Wildman–Crippen LogP) is 2.96. The number of hydrogen-bond acceptors (Lipinski definition) is 3. The second kappa shape index (κ2) is 8.54. The van der Waals surface area contributed by atoms with Crippen molar-refractivity contribution >= 4 is 23.5 Å². The molecule has 5 heteroatoms. The molecule has 1 atom stereocenters. The molecule has 1 aliphatic heterocycles. The quantitative estimate of drug-likeness (QED) is 0.655. The lowest BCUT2D eigenvalue weighted by Gasteiger charge is -2.32. The molecule has 1 aliphatic rings. The Balaban J connectivity index is 1.99. The van der Waals surface area contributed by atoms with Crippen LogP contribution in [0, 0.1) is 5.92 Å². The van der Waals surface area contributed by atoms with Crippen LogP contribution in [0.5, 0.6) is 5.75 Å². The number of hydrogen-bond donors (Lipinski definition) is 1. The number of benzene rings is 2. The number of ether oxygens (including phenoxy) is 1. The van der Waals surface area contributed by atoms with Gasteiger partial charge in [-0.2, -0.15) is 0 Å². The van der Waals surface area contributed by atoms with Crippen molar-refractivity contribution in [2.24, 2.45) is 11.7 Å². The number of amides is 2. The van der Waals surface area contributed by atoms with Gasteiger partial charge in [0.15, 0.2) is 0 Å². The maximum atomic E-state index is 13.3. The van der Waals surface area contributed by atoms with Gasteiger partial charge in [0.05, 0.1) is 13.0 Å². The molecule has 1 saturated heterocycles. The number of para-hydroxylation sites is 1. The largest absolute Gasteiger partial charge is 0.496 e. The Bertz CT molecular complexity index is 846. The summed E-state index contributed by atoms with van der Waals surface area (Å²) in [6.07, 6.45) is 3.36. The molecule has 3 rings (SSSR count). The van der Waals surface area contributed by atoms with Crippen LogP contribution in [0.25, 0.3) is 11.6 Å². The summed E-state index contributed by atoms with van der Waals surface area (Å²) >= 11 is 0. The number of likely N-dealkylation sites (tertiary alicyclic amines) is 1. The summed E-state index contributed by atoms with van der Waals surface area (Å²) in [5.41, 5.74) is 7.70. The summed E-state index contributed by atoms with van der Waals surface area (Å²) in [7, 11) is 1.61. The first kappa shape index (κ1) is 18.7. The average Bonchev–Trinajstić information content (AvgIpc) is 2.72. The first-order valence-corrected chi connectivity index (χ1v) is 9.09. The molecule has 27 heavy (non-hydrogen) atoms. The summed E-state index contributed by atoms with van der Waals surface area (Å²) in [4.78, 5) is 26.7. The van der Waals surface area contributed by atoms with E-state index in [-0.39, 0.29) is 17.7 Å². The molecule has 2 amide bonds. The summed E-state index contributed by atoms with van der Waals surface area (Å²) in [5.74, 6) is -0.0288. The van der Waals surface area contributed by atoms with E-state index in [4.69, 9.17) is 10.5 Å². The van der Waals surface area contributed by atoms with Crippen LogP contribution >= 0.6 is 0 Å². The van der Waals surface area contributed by atoms with Crippen LogP contribution < -0.4 is 10.5 Å². The van der Waals surface area contributed by atoms with E-state index in [0.717, 1.165) is 24.0 Å². The number of carbonyl (C=O) groups is 2. The third-order valence-corrected chi connectivity index (χ3v) is 4.86. The topological polar surface area (TPSA) is 72.6 Å². The number of carbonyl (C=O) groups excluding carboxylic acids is 2. The van der Waals surface area contributed by atoms with Crippen LogP contribution in [0.3, 0.4) is 0 Å². The van der Waals surface area contributed by atoms with Gasteiger partial charge in [-0.1, -0.05) is 48.5 Å². The maximum Gasteiger partial charge on any atom is 0.254 e. The molecule has 2 aromatic carbocycles. The Hall–Kier alpha value is -3.08. The maximum absolute atomic E-state index is 13.3. The first-order chi connectivity index (χ1) is 13.1. The van der Waals surface area contributed by atoms with Gasteiger partial charge in [-0.3, -0.25) is 9.59 Å². The molecule has 5 nitrogen and oxygen atoms in total. The summed E-state index contributed by atoms with van der Waals surface area (Å²) < 4.78 is 5.43. The molecule has 0 aromatic heterocycles. The molecule has 1 fully saturated rings. The second-order valence-corrected chi connectivity index (χ2v) is 6.66. The molecule has 0 aliphatic carbocycles. The van der Waals surface area contributed by atoms with E-state index in [1.165, 1.54) is 0 Å². The third kappa shape index (κ3) is 4.37. The van der Waals surface area contributed by atoms with Crippen molar-refractivity contribution in [3.63, 3.8) is 0 Å². The van der Waals surface area contributed by atoms with Gasteiger partial charge in [0, 0.05) is 24.2 Å². The zero-order valence-electron chi connectivity index (χ0n) is 15.4. The summed E-state index contributed by atoms with van der Waals surface area (Å²) in [5, 5.41) is 0. The van der Waals surface area contributed by atoms with E-state index in [2.05, 4.69) is 0 Å². The smallest absolute Gasteiger partial charge is 0.254 e. The van der Waals surface area contributed by atoms with Crippen LogP contribution in [-0.4, -0.2) is 36.9 Å². The van der Waals surface area contributed by atoms with Crippen LogP contribution in [0.4, 0.5) is 0 Å². The lowest BCUT2D eigenvalue weighted by atomic mass is 9.95. The van der Waals surface area contributed by atoms with Gasteiger partial charge in [0.25, 0.3) is 5.91 Å². The fourth-order valence-electron chi connectivity index (χ4n) is 3.39. The van der Waals surface area contributed by atoms with Crippen LogP contribution in [-0.2, 0) is 9.59 Å². The average molecular weight is 364 g/mol. The Morgan fingerprint density at radius 2 is 1.81 bits per heavy atom. The van der Waals surface area contributed by atoms with Crippen LogP contribution in [0.1, 0.15) is 24.0 Å². The van der Waals surface area contributed by atoms with E-state index in [9.17, 15) is 9.59 Å². The zero-order valence-corrected chi connectivity index (χ0v) is 15.4. The molecule has 1 heterocycles. The van der Waals surface area contributed by atoms with Gasteiger partial charge in [0.1, 0.15) is 5.75 Å². The van der Waals surface area contributed by atoms with E-state index in [0.29, 0.717) is 24.4 Å². The Labute approximate surface area is 159 Å². The number of methoxy groups -OCH3 is 1. The van der Waals surface area contributed by atoms with Gasteiger partial charge in [0.2, 0.25) is 5.91 Å². The fourth-order valence-corrected chi connectivity index (χ4v) is 3.39. The fraction of sp³-hybridized carbons (Fsp3) is 0.273. The van der Waals surface area contributed by atoms with Crippen LogP contribution in [0.15, 0.2) is 54.6 Å². The van der Waals surface area contributed by atoms with Crippen molar-refractivity contribution in [3.8, 4) is 5.75 Å². The molecule has 0 bridgehead atoms. The van der Waals surface area contributed by atoms with E-state index in [1.807, 2.05) is 60.7 Å². The highest BCUT2D eigenvalue weighted by Gasteiger charge is 2.29. The van der Waals surface area contributed by atoms with Gasteiger partial charge in [-0.05, 0) is 30.5 Å². The lowest BCUT2D eigenvalue weighted by Crippen LogP contribution is -2.44. The molecule has 2 N–H and O–H groups in total. The minimum Gasteiger partial charge on any atom is -0.496 e. The standard InChI is InChI=1S/C22H24N2O3/c1-27-20-12-6-5-10-17(20)14-19(16-8-3-2-4-9-16)22(26)24-13-7-11-18(15-24)21(23)25/h2-6,8-10,12,14,18H,7,11,13,15H2,1H3,(H2,23,25)/b19-14+. The highest BCUT2D eigenvalue weighted by atomic mass is 16.5. The minimum absolute atomic E-state index is 0.0990. The first-order valence-electron chi connectivity index (χ1n) is 9.09. The van der Waals surface area contributed by atoms with Gasteiger partial charge >= 0.3 is 0 Å². The van der Waals surface area contributed by atoms with Gasteiger partial charge in [-0.25, -0.2) is 0 Å². The van der Waals surface area contributed by atoms with Crippen molar-refractivity contribution in [1.29, 1.82) is 0 Å². The van der Waals surface area contributed by atoms with Crippen molar-refractivity contribution < 1.29 is 14.3 Å². The Morgan fingerprint density at radius 1 is 1.11 bits per heavy atom. The van der Waals surface area contributed by atoms with Crippen molar-refractivity contribution in [3.05, 3.63) is 65.7 Å². The molecule has 140 valence electrons. The normalized spacial score (nSPS) is 17.4. The molecular weight excluding hydrogens is 340 g/mol. The van der Waals surface area contributed by atoms with Crippen LogP contribution in [0.2, 0.25) is 0 Å². The minimum atomic E-state index is -0.345. The van der Waals surface area contributed by atoms with Crippen molar-refractivity contribution in [2.75, 3.05) is 20.2 Å². The van der Waals surface area contributed by atoms with Crippen molar-refractivity contribution in [1.82, 2.24) is 4.90 Å². The second-order valence-electron chi connectivity index (χ2n) is 6.66. The SMILES string of the molecule is COc1ccccc1/C=C(/C(=O)N1CCCC(C(N)=O)C1)c1ccccc1. The molecule has 1 unspecified atom stereocenters. The van der Waals surface area contributed by atoms with Crippen molar-refractivity contribution in [2.45, 2.75) is 12.8 Å². The third-order valence-electron chi connectivity index (χ3n) is 4.86. The predicted molar refractivity (Wildman–Crippen MR) is 106 cm³/mol. The Kier molecular flexibility index (Phi) is 5.91. The van der Waals surface area contributed by atoms with Gasteiger partial charge in [-0.15, -0.1) is 0 Å². The molecular formula is C22H24N2O3. The summed E-state index contributed by atoms with van der Waals surface area (Å²) in [6, 6.07) is 17.1. The molecule has 0 spiro atoms. The van der Waals surface area contributed by atoms with E-state index < -0.39 is 0 Å². The monoisotopic (exact) mass is 364 g/mol. The van der Waals surface area contributed by atoms with E-state index >= 15 is 0 Å². The number of piperidine rings is 1. The number of rotatable bonds is 5. The number of nitrogens with zero attached hydrogens (tertiary/aromatic N) is 1. The van der Waals surface area contributed by atoms with Gasteiger partial charge < -0.3 is 15.4 Å². The Morgan fingerprint density at radius 3 is 2.52 bits per heavy atom. The lowest BCUT2D eigenvalue weighted by molar-refractivity contribution is -0.130. The summed E-state index contributed by atoms with van der Waals surface area (Å²) in [6.45, 7) is 0.989. The molecule has 0 saturated carbocycles. The highest BCUT2D eigenvalue weighted by molar-refractivity contribution is 6.24. The number of nitrogens with two attached hydrogens (primary N) is 1. The number of primary amides is 1. The molecule has 0 radical (unpaired) electrons. The highest BCUT2D eigenvalue weighted by Crippen LogP contribution is 2.27. The van der Waals surface area contributed by atoms with E-state index in [1.54, 1.807) is 12.0 Å².